The Labute approximate surface area is 115 Å². The van der Waals surface area contributed by atoms with Gasteiger partial charge >= 0.3 is 0 Å². The van der Waals surface area contributed by atoms with Crippen molar-refractivity contribution in [2.45, 2.75) is 27.2 Å². The number of hydrogen-bond acceptors (Lipinski definition) is 2. The molecule has 0 aliphatic heterocycles. The molecular formula is C16H22N2O. The van der Waals surface area contributed by atoms with Crippen LogP contribution in [0.15, 0.2) is 18.2 Å². The van der Waals surface area contributed by atoms with Gasteiger partial charge in [0.25, 0.3) is 5.91 Å². The number of carbonyl (C=O) groups excluding carboxylic acids is 1. The van der Waals surface area contributed by atoms with Gasteiger partial charge in [0.15, 0.2) is 0 Å². The molecule has 0 bridgehead atoms. The Morgan fingerprint density at radius 3 is 2.79 bits per heavy atom. The number of amides is 1. The van der Waals surface area contributed by atoms with Crippen molar-refractivity contribution < 1.29 is 4.79 Å². The fraction of sp³-hybridized carbons (Fsp3) is 0.438. The van der Waals surface area contributed by atoms with Crippen LogP contribution in [0.2, 0.25) is 0 Å². The number of nitrogens with one attached hydrogen (secondary N) is 1. The molecule has 3 nitrogen and oxygen atoms in total. The van der Waals surface area contributed by atoms with Gasteiger partial charge < -0.3 is 11.1 Å². The maximum Gasteiger partial charge on any atom is 0.252 e. The van der Waals surface area contributed by atoms with E-state index in [0.717, 1.165) is 17.5 Å². The number of hydrogen-bond donors (Lipinski definition) is 2. The third kappa shape index (κ3) is 5.15. The first-order valence-corrected chi connectivity index (χ1v) is 6.62. The lowest BCUT2D eigenvalue weighted by atomic mass is 10.0. The van der Waals surface area contributed by atoms with Crippen LogP contribution in [-0.2, 0) is 0 Å². The summed E-state index contributed by atoms with van der Waals surface area (Å²) in [6, 6.07) is 5.69. The van der Waals surface area contributed by atoms with Gasteiger partial charge in [0, 0.05) is 12.1 Å². The van der Waals surface area contributed by atoms with E-state index in [4.69, 9.17) is 5.73 Å². The molecule has 3 N–H and O–H groups in total. The van der Waals surface area contributed by atoms with E-state index < -0.39 is 0 Å². The lowest BCUT2D eigenvalue weighted by Gasteiger charge is -2.09. The molecule has 19 heavy (non-hydrogen) atoms. The minimum atomic E-state index is -0.0642. The molecule has 0 radical (unpaired) electrons. The lowest BCUT2D eigenvalue weighted by Crippen LogP contribution is -2.26. The standard InChI is InChI=1S/C16H22N2O/c1-12(2)8-10-18-16(19)15-11-13(3)6-7-14(15)5-4-9-17/h6-7,11-12H,8-10,17H2,1-3H3,(H,18,19). The second kappa shape index (κ2) is 7.60. The van der Waals surface area contributed by atoms with Crippen molar-refractivity contribution in [3.05, 3.63) is 34.9 Å². The first kappa shape index (κ1) is 15.3. The normalized spacial score (nSPS) is 9.95. The van der Waals surface area contributed by atoms with E-state index >= 15 is 0 Å². The summed E-state index contributed by atoms with van der Waals surface area (Å²) in [5.74, 6) is 6.25. The molecule has 1 rings (SSSR count). The monoisotopic (exact) mass is 258 g/mol. The Kier molecular flexibility index (Phi) is 6.11. The van der Waals surface area contributed by atoms with Crippen LogP contribution in [0.1, 0.15) is 41.8 Å². The molecule has 0 aromatic heterocycles. The Balaban J connectivity index is 2.85. The van der Waals surface area contributed by atoms with Gasteiger partial charge in [-0.2, -0.15) is 0 Å². The van der Waals surface area contributed by atoms with Gasteiger partial charge in [-0.15, -0.1) is 0 Å². The Morgan fingerprint density at radius 1 is 1.42 bits per heavy atom. The summed E-state index contributed by atoms with van der Waals surface area (Å²) >= 11 is 0. The van der Waals surface area contributed by atoms with Gasteiger partial charge in [-0.3, -0.25) is 4.79 Å². The minimum Gasteiger partial charge on any atom is -0.352 e. The molecule has 1 amide bonds. The van der Waals surface area contributed by atoms with Crippen molar-refractivity contribution >= 4 is 5.91 Å². The average molecular weight is 258 g/mol. The predicted octanol–water partition coefficient (Wildman–Crippen LogP) is 2.08. The predicted molar refractivity (Wildman–Crippen MR) is 78.9 cm³/mol. The first-order chi connectivity index (χ1) is 9.04. The van der Waals surface area contributed by atoms with E-state index in [1.54, 1.807) is 0 Å². The van der Waals surface area contributed by atoms with Gasteiger partial charge in [0.2, 0.25) is 0 Å². The summed E-state index contributed by atoms with van der Waals surface area (Å²) in [5, 5.41) is 2.94. The molecule has 0 unspecified atom stereocenters. The smallest absolute Gasteiger partial charge is 0.252 e. The van der Waals surface area contributed by atoms with Crippen LogP contribution in [0.3, 0.4) is 0 Å². The maximum absolute atomic E-state index is 12.2. The molecule has 0 fully saturated rings. The van der Waals surface area contributed by atoms with Gasteiger partial charge in [0.05, 0.1) is 12.1 Å². The molecule has 1 aromatic carbocycles. The molecule has 0 spiro atoms. The van der Waals surface area contributed by atoms with Crippen molar-refractivity contribution in [1.29, 1.82) is 0 Å². The lowest BCUT2D eigenvalue weighted by molar-refractivity contribution is 0.0951. The van der Waals surface area contributed by atoms with Crippen molar-refractivity contribution in [3.8, 4) is 11.8 Å². The van der Waals surface area contributed by atoms with E-state index in [1.165, 1.54) is 0 Å². The Bertz CT molecular complexity index is 495. The number of aryl methyl sites for hydroxylation is 1. The van der Waals surface area contributed by atoms with Gasteiger partial charge in [-0.05, 0) is 31.4 Å². The summed E-state index contributed by atoms with van der Waals surface area (Å²) in [6.45, 7) is 7.22. The third-order valence-corrected chi connectivity index (χ3v) is 2.75. The molecule has 0 aliphatic carbocycles. The largest absolute Gasteiger partial charge is 0.352 e. The fourth-order valence-corrected chi connectivity index (χ4v) is 1.67. The second-order valence-corrected chi connectivity index (χ2v) is 4.99. The maximum atomic E-state index is 12.2. The molecule has 1 aromatic rings. The second-order valence-electron chi connectivity index (χ2n) is 4.99. The SMILES string of the molecule is Cc1ccc(C#CCN)c(C(=O)NCCC(C)C)c1. The average Bonchev–Trinajstić information content (AvgIpc) is 2.36. The van der Waals surface area contributed by atoms with Crippen molar-refractivity contribution in [2.24, 2.45) is 11.7 Å². The van der Waals surface area contributed by atoms with Crippen molar-refractivity contribution in [2.75, 3.05) is 13.1 Å². The molecule has 102 valence electrons. The third-order valence-electron chi connectivity index (χ3n) is 2.75. The summed E-state index contributed by atoms with van der Waals surface area (Å²) < 4.78 is 0. The van der Waals surface area contributed by atoms with Crippen LogP contribution < -0.4 is 11.1 Å². The van der Waals surface area contributed by atoms with Crippen molar-refractivity contribution in [1.82, 2.24) is 5.32 Å². The van der Waals surface area contributed by atoms with Crippen LogP contribution in [-0.4, -0.2) is 19.0 Å². The number of benzene rings is 1. The van der Waals surface area contributed by atoms with E-state index in [0.29, 0.717) is 24.6 Å². The van der Waals surface area contributed by atoms with E-state index in [2.05, 4.69) is 31.0 Å². The fourth-order valence-electron chi connectivity index (χ4n) is 1.67. The van der Waals surface area contributed by atoms with Crippen LogP contribution in [0.5, 0.6) is 0 Å². The summed E-state index contributed by atoms with van der Waals surface area (Å²) in [4.78, 5) is 12.2. The number of carbonyl (C=O) groups is 1. The van der Waals surface area contributed by atoms with E-state index in [9.17, 15) is 4.79 Å². The van der Waals surface area contributed by atoms with Crippen LogP contribution in [0, 0.1) is 24.7 Å². The van der Waals surface area contributed by atoms with Gasteiger partial charge in [-0.1, -0.05) is 37.3 Å². The molecule has 0 saturated heterocycles. The zero-order valence-electron chi connectivity index (χ0n) is 11.9. The molecule has 0 atom stereocenters. The Morgan fingerprint density at radius 2 is 2.16 bits per heavy atom. The summed E-state index contributed by atoms with van der Waals surface area (Å²) in [6.07, 6.45) is 0.974. The van der Waals surface area contributed by atoms with E-state index in [1.807, 2.05) is 25.1 Å². The molecule has 0 heterocycles. The first-order valence-electron chi connectivity index (χ1n) is 6.62. The van der Waals surface area contributed by atoms with E-state index in [-0.39, 0.29) is 5.91 Å². The van der Waals surface area contributed by atoms with Crippen molar-refractivity contribution in [3.63, 3.8) is 0 Å². The van der Waals surface area contributed by atoms with Crippen LogP contribution in [0.4, 0.5) is 0 Å². The highest BCUT2D eigenvalue weighted by Crippen LogP contribution is 2.11. The van der Waals surface area contributed by atoms with Crippen LogP contribution >= 0.6 is 0 Å². The summed E-state index contributed by atoms with van der Waals surface area (Å²) in [7, 11) is 0. The highest BCUT2D eigenvalue weighted by Gasteiger charge is 2.10. The van der Waals surface area contributed by atoms with Gasteiger partial charge in [0.1, 0.15) is 0 Å². The van der Waals surface area contributed by atoms with Gasteiger partial charge in [-0.25, -0.2) is 0 Å². The zero-order chi connectivity index (χ0) is 14.3. The quantitative estimate of drug-likeness (QED) is 0.812. The van der Waals surface area contributed by atoms with Crippen LogP contribution in [0.25, 0.3) is 0 Å². The molecule has 0 saturated carbocycles. The molecule has 3 heteroatoms. The number of nitrogens with two attached hydrogens (primary N) is 1. The topological polar surface area (TPSA) is 55.1 Å². The Hall–Kier alpha value is -1.79. The highest BCUT2D eigenvalue weighted by molar-refractivity contribution is 5.96. The number of rotatable bonds is 4. The molecule has 0 aliphatic rings. The zero-order valence-corrected chi connectivity index (χ0v) is 11.9. The molecular weight excluding hydrogens is 236 g/mol. The highest BCUT2D eigenvalue weighted by atomic mass is 16.1. The minimum absolute atomic E-state index is 0.0642. The summed E-state index contributed by atoms with van der Waals surface area (Å²) in [5.41, 5.74) is 7.78.